The molecule has 9 aromatic rings. The van der Waals surface area contributed by atoms with Gasteiger partial charge in [0, 0.05) is 70.8 Å². The molecule has 17 nitrogen and oxygen atoms in total. The number of halogens is 6. The van der Waals surface area contributed by atoms with Gasteiger partial charge in [-0.3, -0.25) is 23.4 Å². The van der Waals surface area contributed by atoms with E-state index in [-0.39, 0.29) is 75.2 Å². The summed E-state index contributed by atoms with van der Waals surface area (Å²) in [6.45, 7) is -0.0363. The average Bonchev–Trinajstić information content (AvgIpc) is 4.25. The fraction of sp³-hybridized carbons (Fsp3) is 0.222. The summed E-state index contributed by atoms with van der Waals surface area (Å²) >= 11 is 13.0. The molecule has 0 saturated heterocycles. The van der Waals surface area contributed by atoms with Crippen molar-refractivity contribution in [1.29, 1.82) is 0 Å². The first-order valence-electron chi connectivity index (χ1n) is 23.9. The van der Waals surface area contributed by atoms with E-state index in [2.05, 4.69) is 19.6 Å². The standard InChI is InChI=1S/C31H26ClF2N3O6S.C23H18ClF2N3O5S/c1-41-22-6-3-19(4-7-22)18-36(29-11-12-43-35-29)44(39,40)23-8-9-26-20(13-23)5-10-30(38)37(26)27-15-25(32)24(14-28(27)42-2)21-16-31(33,34)17-21;1-33-20-9-16(14-11-23(25,26)12-14)17(24)10-19(20)29-18-4-3-15(8-13(18)2-5-22(29)30)35(31,32)28-21-6-7-34-27-21/h3-15,21H,16-18H2,1-2H3;2-10,14H,11-12H2,1H3,(H,27,28). The maximum absolute atomic E-state index is 14.0. The fourth-order valence-corrected chi connectivity index (χ4v) is 12.6. The van der Waals surface area contributed by atoms with Crippen molar-refractivity contribution in [2.75, 3.05) is 30.4 Å². The van der Waals surface area contributed by atoms with Crippen molar-refractivity contribution in [3.63, 3.8) is 0 Å². The molecule has 25 heteroatoms. The van der Waals surface area contributed by atoms with Crippen LogP contribution in [0.3, 0.4) is 0 Å². The van der Waals surface area contributed by atoms with Gasteiger partial charge < -0.3 is 23.3 Å². The van der Waals surface area contributed by atoms with Crippen LogP contribution in [0.2, 0.25) is 10.0 Å². The molecule has 1 N–H and O–H groups in total. The normalized spacial score (nSPS) is 15.2. The van der Waals surface area contributed by atoms with Crippen LogP contribution in [0.4, 0.5) is 29.2 Å². The van der Waals surface area contributed by atoms with Crippen molar-refractivity contribution in [2.24, 2.45) is 0 Å². The third-order valence-electron chi connectivity index (χ3n) is 13.6. The number of alkyl halides is 4. The van der Waals surface area contributed by atoms with E-state index in [1.807, 2.05) is 0 Å². The minimum absolute atomic E-state index is 0.0266. The summed E-state index contributed by atoms with van der Waals surface area (Å²) in [6, 6.07) is 30.2. The number of benzene rings is 5. The number of rotatable bonds is 15. The van der Waals surface area contributed by atoms with Gasteiger partial charge >= 0.3 is 0 Å². The van der Waals surface area contributed by atoms with Gasteiger partial charge in [-0.15, -0.1) is 0 Å². The second kappa shape index (κ2) is 21.1. The molecule has 79 heavy (non-hydrogen) atoms. The predicted molar refractivity (Wildman–Crippen MR) is 286 cm³/mol. The van der Waals surface area contributed by atoms with Crippen LogP contribution in [0.5, 0.6) is 17.2 Å². The average molecular weight is 1160 g/mol. The zero-order valence-corrected chi connectivity index (χ0v) is 44.8. The molecular weight excluding hydrogens is 1120 g/mol. The third kappa shape index (κ3) is 10.9. The van der Waals surface area contributed by atoms with Crippen LogP contribution in [0.15, 0.2) is 162 Å². The van der Waals surface area contributed by atoms with Crippen LogP contribution >= 0.6 is 23.2 Å². The Bertz CT molecular complexity index is 4130. The van der Waals surface area contributed by atoms with Crippen LogP contribution in [0, 0.1) is 0 Å². The predicted octanol–water partition coefficient (Wildman–Crippen LogP) is 11.5. The van der Waals surface area contributed by atoms with Crippen molar-refractivity contribution >= 4 is 76.7 Å². The minimum atomic E-state index is -4.17. The topological polar surface area (TPSA) is 207 Å². The lowest BCUT2D eigenvalue weighted by Gasteiger charge is -2.36. The molecule has 2 fully saturated rings. The first-order valence-corrected chi connectivity index (χ1v) is 27.6. The maximum atomic E-state index is 14.0. The number of nitrogens with one attached hydrogen (secondary N) is 1. The number of aromatic nitrogens is 4. The molecule has 0 spiro atoms. The van der Waals surface area contributed by atoms with Gasteiger partial charge in [0.2, 0.25) is 11.8 Å². The van der Waals surface area contributed by atoms with Gasteiger partial charge in [0.05, 0.1) is 60.1 Å². The summed E-state index contributed by atoms with van der Waals surface area (Å²) in [4.78, 5) is 26.0. The van der Waals surface area contributed by atoms with Gasteiger partial charge in [0.1, 0.15) is 29.8 Å². The van der Waals surface area contributed by atoms with E-state index in [4.69, 9.17) is 41.9 Å². The highest BCUT2D eigenvalue weighted by atomic mass is 35.5. The Labute approximate surface area is 457 Å². The van der Waals surface area contributed by atoms with Crippen LogP contribution in [-0.4, -0.2) is 69.5 Å². The summed E-state index contributed by atoms with van der Waals surface area (Å²) in [7, 11) is -3.79. The highest BCUT2D eigenvalue weighted by Crippen LogP contribution is 2.52. The number of sulfonamides is 2. The maximum Gasteiger partial charge on any atom is 0.265 e. The number of hydrogen-bond donors (Lipinski definition) is 1. The number of fused-ring (bicyclic) bond motifs is 2. The van der Waals surface area contributed by atoms with Crippen molar-refractivity contribution < 1.29 is 57.7 Å². The number of pyridine rings is 2. The van der Waals surface area contributed by atoms with E-state index in [0.29, 0.717) is 55.6 Å². The van der Waals surface area contributed by atoms with E-state index >= 15 is 0 Å². The fourth-order valence-electron chi connectivity index (χ4n) is 9.56. The number of anilines is 2. The first-order chi connectivity index (χ1) is 37.6. The summed E-state index contributed by atoms with van der Waals surface area (Å²) in [5.74, 6) is -5.00. The summed E-state index contributed by atoms with van der Waals surface area (Å²) < 4.78 is 139. The summed E-state index contributed by atoms with van der Waals surface area (Å²) in [5, 5.41) is 8.76. The molecule has 11 rings (SSSR count). The Morgan fingerprint density at radius 1 is 0.620 bits per heavy atom. The second-order valence-electron chi connectivity index (χ2n) is 18.7. The molecular formula is C54H44Cl2F4N6O11S2. The quantitative estimate of drug-likeness (QED) is 0.0949. The lowest BCUT2D eigenvalue weighted by atomic mass is 9.76. The molecule has 4 heterocycles. The Morgan fingerprint density at radius 2 is 1.11 bits per heavy atom. The van der Waals surface area contributed by atoms with Gasteiger partial charge in [-0.25, -0.2) is 38.7 Å². The zero-order valence-electron chi connectivity index (χ0n) is 41.7. The van der Waals surface area contributed by atoms with Crippen molar-refractivity contribution in [1.82, 2.24) is 19.4 Å². The Kier molecular flexibility index (Phi) is 14.5. The molecule has 0 aliphatic heterocycles. The highest BCUT2D eigenvalue weighted by molar-refractivity contribution is 7.93. The van der Waals surface area contributed by atoms with Gasteiger partial charge in [-0.2, -0.15) is 0 Å². The molecule has 0 atom stereocenters. The smallest absolute Gasteiger partial charge is 0.265 e. The Hall–Kier alpha value is -7.86. The van der Waals surface area contributed by atoms with Crippen LogP contribution in [0.1, 0.15) is 54.2 Å². The Morgan fingerprint density at radius 3 is 1.57 bits per heavy atom. The largest absolute Gasteiger partial charge is 0.497 e. The number of methoxy groups -OCH3 is 3. The molecule has 5 aromatic carbocycles. The van der Waals surface area contributed by atoms with Crippen molar-refractivity contribution in [2.45, 2.75) is 65.7 Å². The van der Waals surface area contributed by atoms with Crippen molar-refractivity contribution in [3.05, 3.63) is 181 Å². The molecule has 0 amide bonds. The van der Waals surface area contributed by atoms with E-state index in [1.54, 1.807) is 43.5 Å². The molecule has 2 saturated carbocycles. The Balaban J connectivity index is 0.000000183. The molecule has 0 unspecified atom stereocenters. The summed E-state index contributed by atoms with van der Waals surface area (Å²) in [5.41, 5.74) is 2.28. The lowest BCUT2D eigenvalue weighted by molar-refractivity contribution is -0.0873. The SMILES string of the molecule is COc1cc(C2CC(F)(F)C2)c(Cl)cc1-n1c(=O)ccc2cc(S(=O)(=O)Nc3ccon3)ccc21.COc1ccc(CN(c2ccon2)S(=O)(=O)c2ccc3c(ccc(=O)n3-c3cc(Cl)c(C4CC(F)(F)C4)cc3OC)c2)cc1. The van der Waals surface area contributed by atoms with E-state index in [1.165, 1.54) is 121 Å². The number of nitrogens with zero attached hydrogens (tertiary/aromatic N) is 5. The number of hydrogen-bond acceptors (Lipinski definition) is 13. The molecule has 4 aromatic heterocycles. The van der Waals surface area contributed by atoms with E-state index in [9.17, 15) is 44.0 Å². The monoisotopic (exact) mass is 1160 g/mol. The summed E-state index contributed by atoms with van der Waals surface area (Å²) in [6.07, 6.45) is 1.28. The minimum Gasteiger partial charge on any atom is -0.497 e. The lowest BCUT2D eigenvalue weighted by Crippen LogP contribution is -2.33. The molecule has 410 valence electrons. The van der Waals surface area contributed by atoms with Gasteiger partial charge in [0.15, 0.2) is 11.6 Å². The zero-order chi connectivity index (χ0) is 56.2. The molecule has 0 bridgehead atoms. The van der Waals surface area contributed by atoms with Gasteiger partial charge in [0.25, 0.3) is 31.2 Å². The van der Waals surface area contributed by atoms with Gasteiger partial charge in [-0.05, 0) is 113 Å². The van der Waals surface area contributed by atoms with Gasteiger partial charge in [-0.1, -0.05) is 45.6 Å². The van der Waals surface area contributed by atoms with Crippen LogP contribution in [-0.2, 0) is 26.6 Å². The van der Waals surface area contributed by atoms with Crippen LogP contribution in [0.25, 0.3) is 33.2 Å². The molecule has 2 aliphatic carbocycles. The highest BCUT2D eigenvalue weighted by Gasteiger charge is 2.48. The molecule has 0 radical (unpaired) electrons. The van der Waals surface area contributed by atoms with E-state index < -0.39 is 54.8 Å². The first kappa shape index (κ1) is 54.5. The molecule has 2 aliphatic rings. The number of ether oxygens (including phenoxy) is 3. The van der Waals surface area contributed by atoms with Crippen molar-refractivity contribution in [3.8, 4) is 28.6 Å². The second-order valence-corrected chi connectivity index (χ2v) is 23.0. The third-order valence-corrected chi connectivity index (χ3v) is 17.4. The van der Waals surface area contributed by atoms with E-state index in [0.717, 1.165) is 4.31 Å². The van der Waals surface area contributed by atoms with Crippen LogP contribution < -0.4 is 34.4 Å².